The molecule has 1 N–H and O–H groups in total. The molecule has 4 rings (SSSR count). The normalized spacial score (nSPS) is 12.7. The van der Waals surface area contributed by atoms with Gasteiger partial charge in [0.15, 0.2) is 5.65 Å². The van der Waals surface area contributed by atoms with Gasteiger partial charge in [0.05, 0.1) is 6.42 Å². The van der Waals surface area contributed by atoms with Gasteiger partial charge in [0, 0.05) is 29.7 Å². The van der Waals surface area contributed by atoms with Crippen molar-refractivity contribution in [3.8, 4) is 0 Å². The van der Waals surface area contributed by atoms with E-state index in [1.807, 2.05) is 24.4 Å². The van der Waals surface area contributed by atoms with Crippen LogP contribution in [0.3, 0.4) is 0 Å². The number of carboxylic acid groups (broad SMARTS) is 1. The quantitative estimate of drug-likeness (QED) is 0.507. The molecule has 4 aromatic rings. The van der Waals surface area contributed by atoms with E-state index in [0.29, 0.717) is 17.0 Å². The molecule has 0 aliphatic heterocycles. The van der Waals surface area contributed by atoms with Crippen molar-refractivity contribution in [1.29, 1.82) is 0 Å². The number of alkyl halides is 1. The van der Waals surface area contributed by atoms with E-state index in [-0.39, 0.29) is 12.3 Å². The third kappa shape index (κ3) is 3.07. The lowest BCUT2D eigenvalue weighted by Crippen LogP contribution is -2.11. The van der Waals surface area contributed by atoms with Gasteiger partial charge in [-0.25, -0.2) is 9.67 Å². The molecule has 27 heavy (non-hydrogen) atoms. The second-order valence-corrected chi connectivity index (χ2v) is 7.71. The third-order valence-electron chi connectivity index (χ3n) is 4.86. The number of aromatic nitrogens is 4. The fourth-order valence-electron chi connectivity index (χ4n) is 3.52. The lowest BCUT2D eigenvalue weighted by molar-refractivity contribution is -0.137. The second kappa shape index (κ2) is 6.90. The van der Waals surface area contributed by atoms with E-state index in [2.05, 4.69) is 21.4 Å². The molecule has 0 spiro atoms. The molecular weight excluding hydrogens is 384 g/mol. The largest absolute Gasteiger partial charge is 0.481 e. The van der Waals surface area contributed by atoms with Crippen molar-refractivity contribution in [2.24, 2.45) is 7.05 Å². The Hall–Kier alpha value is -2.51. The maximum Gasteiger partial charge on any atom is 0.304 e. The minimum Gasteiger partial charge on any atom is -0.481 e. The maximum atomic E-state index is 11.6. The van der Waals surface area contributed by atoms with Crippen LogP contribution in [-0.2, 0) is 17.7 Å². The van der Waals surface area contributed by atoms with E-state index < -0.39 is 5.97 Å². The van der Waals surface area contributed by atoms with E-state index >= 15 is 0 Å². The van der Waals surface area contributed by atoms with E-state index in [9.17, 15) is 9.90 Å². The van der Waals surface area contributed by atoms with E-state index in [1.54, 1.807) is 29.3 Å². The fraction of sp³-hybridized carbons (Fsp3) is 0.263. The van der Waals surface area contributed by atoms with Crippen LogP contribution >= 0.6 is 22.9 Å². The van der Waals surface area contributed by atoms with E-state index in [1.165, 1.54) is 0 Å². The van der Waals surface area contributed by atoms with Gasteiger partial charge < -0.3 is 5.11 Å². The Morgan fingerprint density at radius 3 is 2.96 bits per heavy atom. The molecule has 3 aromatic heterocycles. The zero-order valence-corrected chi connectivity index (χ0v) is 16.4. The summed E-state index contributed by atoms with van der Waals surface area (Å²) in [5.74, 6) is -0.824. The van der Waals surface area contributed by atoms with Gasteiger partial charge in [-0.3, -0.25) is 4.79 Å². The van der Waals surface area contributed by atoms with Gasteiger partial charge in [0.1, 0.15) is 5.52 Å². The highest BCUT2D eigenvalue weighted by atomic mass is 35.5. The van der Waals surface area contributed by atoms with Crippen molar-refractivity contribution in [2.75, 3.05) is 0 Å². The van der Waals surface area contributed by atoms with Crippen molar-refractivity contribution in [1.82, 2.24) is 20.0 Å². The number of hydrogen-bond donors (Lipinski definition) is 1. The number of carbonyl (C=O) groups is 1. The number of rotatable bonds is 5. The summed E-state index contributed by atoms with van der Waals surface area (Å²) in [5.41, 5.74) is 5.06. The Morgan fingerprint density at radius 1 is 1.41 bits per heavy atom. The molecule has 138 valence electrons. The van der Waals surface area contributed by atoms with Crippen LogP contribution in [0.1, 0.15) is 34.6 Å². The van der Waals surface area contributed by atoms with Gasteiger partial charge in [-0.1, -0.05) is 11.3 Å². The third-order valence-corrected chi connectivity index (χ3v) is 6.16. The molecule has 6 nitrogen and oxygen atoms in total. The van der Waals surface area contributed by atoms with E-state index in [4.69, 9.17) is 11.6 Å². The molecule has 0 aliphatic rings. The molecular formula is C19H17ClN4O2S. The van der Waals surface area contributed by atoms with Gasteiger partial charge in [-0.2, -0.15) is 0 Å². The predicted molar refractivity (Wildman–Crippen MR) is 107 cm³/mol. The molecule has 0 bridgehead atoms. The number of halogens is 1. The summed E-state index contributed by atoms with van der Waals surface area (Å²) >= 11 is 7.80. The highest BCUT2D eigenvalue weighted by Crippen LogP contribution is 2.36. The first kappa shape index (κ1) is 17.9. The number of carboxylic acids is 1. The van der Waals surface area contributed by atoms with Crippen LogP contribution in [0.15, 0.2) is 29.8 Å². The molecule has 0 saturated carbocycles. The van der Waals surface area contributed by atoms with Crippen LogP contribution in [-0.4, -0.2) is 31.1 Å². The molecule has 0 aliphatic carbocycles. The summed E-state index contributed by atoms with van der Waals surface area (Å²) in [6, 6.07) is 6.10. The number of aliphatic carboxylic acids is 1. The van der Waals surface area contributed by atoms with Crippen LogP contribution in [0.5, 0.6) is 0 Å². The summed E-state index contributed by atoms with van der Waals surface area (Å²) < 4.78 is 2.75. The number of thiophene rings is 1. The highest BCUT2D eigenvalue weighted by molar-refractivity contribution is 7.17. The Kier molecular flexibility index (Phi) is 4.57. The smallest absolute Gasteiger partial charge is 0.304 e. The first-order chi connectivity index (χ1) is 13.0. The summed E-state index contributed by atoms with van der Waals surface area (Å²) in [6.45, 7) is 1.94. The summed E-state index contributed by atoms with van der Waals surface area (Å²) in [4.78, 5) is 16.1. The average Bonchev–Trinajstić information content (AvgIpc) is 3.26. The Morgan fingerprint density at radius 2 is 2.22 bits per heavy atom. The number of fused-ring (bicyclic) bond motifs is 2. The number of pyridine rings is 1. The SMILES string of the molecule is Cc1c(C(CC(=O)O)c2cc(CCl)c3sccc3c2)cnc2c1nnn2C. The van der Waals surface area contributed by atoms with Crippen molar-refractivity contribution >= 4 is 50.2 Å². The number of benzene rings is 1. The summed E-state index contributed by atoms with van der Waals surface area (Å²) in [7, 11) is 1.79. The predicted octanol–water partition coefficient (Wildman–Crippen LogP) is 4.23. The standard InChI is InChI=1S/C19H17ClN4O2S/c1-10-15(9-21-19-17(10)22-23-24(19)2)14(7-16(25)26)12-5-11-3-4-27-18(11)13(6-12)8-20/h3-6,9,14H,7-8H2,1-2H3,(H,25,26). The maximum absolute atomic E-state index is 11.6. The molecule has 0 radical (unpaired) electrons. The van der Waals surface area contributed by atoms with Crippen LogP contribution in [0.4, 0.5) is 0 Å². The zero-order chi connectivity index (χ0) is 19.1. The van der Waals surface area contributed by atoms with Crippen molar-refractivity contribution in [3.05, 3.63) is 52.0 Å². The molecule has 3 heterocycles. The molecule has 1 unspecified atom stereocenters. The van der Waals surface area contributed by atoms with Gasteiger partial charge in [0.2, 0.25) is 0 Å². The lowest BCUT2D eigenvalue weighted by Gasteiger charge is -2.19. The minimum absolute atomic E-state index is 0.0361. The van der Waals surface area contributed by atoms with Crippen LogP contribution in [0.25, 0.3) is 21.3 Å². The summed E-state index contributed by atoms with van der Waals surface area (Å²) in [6.07, 6.45) is 1.71. The molecule has 1 atom stereocenters. The Balaban J connectivity index is 1.92. The van der Waals surface area contributed by atoms with Crippen LogP contribution in [0.2, 0.25) is 0 Å². The van der Waals surface area contributed by atoms with Crippen molar-refractivity contribution in [2.45, 2.75) is 25.1 Å². The molecule has 8 heteroatoms. The monoisotopic (exact) mass is 400 g/mol. The fourth-order valence-corrected chi connectivity index (χ4v) is 4.71. The lowest BCUT2D eigenvalue weighted by atomic mass is 9.85. The topological polar surface area (TPSA) is 80.9 Å². The highest BCUT2D eigenvalue weighted by Gasteiger charge is 2.24. The van der Waals surface area contributed by atoms with Crippen LogP contribution < -0.4 is 0 Å². The molecule has 0 saturated heterocycles. The molecule has 0 fully saturated rings. The molecule has 1 aromatic carbocycles. The van der Waals surface area contributed by atoms with E-state index in [0.717, 1.165) is 32.3 Å². The van der Waals surface area contributed by atoms with Crippen molar-refractivity contribution in [3.63, 3.8) is 0 Å². The Labute approximate surface area is 164 Å². The number of hydrogen-bond acceptors (Lipinski definition) is 5. The first-order valence-electron chi connectivity index (χ1n) is 8.42. The van der Waals surface area contributed by atoms with Gasteiger partial charge in [-0.15, -0.1) is 28.0 Å². The second-order valence-electron chi connectivity index (χ2n) is 6.53. The zero-order valence-electron chi connectivity index (χ0n) is 14.8. The van der Waals surface area contributed by atoms with Gasteiger partial charge in [0.25, 0.3) is 0 Å². The van der Waals surface area contributed by atoms with Gasteiger partial charge >= 0.3 is 5.97 Å². The Bertz CT molecular complexity index is 1170. The van der Waals surface area contributed by atoms with Crippen LogP contribution in [0, 0.1) is 6.92 Å². The molecule has 0 amide bonds. The number of aryl methyl sites for hydroxylation is 2. The average molecular weight is 401 g/mol. The minimum atomic E-state index is -0.864. The summed E-state index contributed by atoms with van der Waals surface area (Å²) in [5, 5.41) is 20.9. The first-order valence-corrected chi connectivity index (χ1v) is 9.83. The van der Waals surface area contributed by atoms with Gasteiger partial charge in [-0.05, 0) is 52.1 Å². The number of nitrogens with zero attached hydrogens (tertiary/aromatic N) is 4. The van der Waals surface area contributed by atoms with Crippen molar-refractivity contribution < 1.29 is 9.90 Å².